The molecule has 0 radical (unpaired) electrons. The summed E-state index contributed by atoms with van der Waals surface area (Å²) in [5.74, 6) is -0.128. The van der Waals surface area contributed by atoms with Crippen LogP contribution in [0.3, 0.4) is 0 Å². The van der Waals surface area contributed by atoms with Gasteiger partial charge >= 0.3 is 43.7 Å². The SMILES string of the molecule is O=C(O)C1(CCCCOc2cccc(Cl)c2)CO1.[Ca+2].[H-].[H-]. The van der Waals surface area contributed by atoms with Gasteiger partial charge in [0.25, 0.3) is 0 Å². The average Bonchev–Trinajstić information content (AvgIpc) is 3.10. The van der Waals surface area contributed by atoms with Crippen LogP contribution in [-0.4, -0.2) is 67.6 Å². The third-order valence-electron chi connectivity index (χ3n) is 2.92. The first-order chi connectivity index (χ1) is 8.62. The summed E-state index contributed by atoms with van der Waals surface area (Å²) >= 11 is 5.83. The number of halogens is 1. The predicted molar refractivity (Wildman–Crippen MR) is 75.1 cm³/mol. The van der Waals surface area contributed by atoms with E-state index in [0.29, 0.717) is 24.7 Å². The normalized spacial score (nSPS) is 20.5. The fraction of sp³-hybridized carbons (Fsp3) is 0.462. The van der Waals surface area contributed by atoms with Crippen molar-refractivity contribution in [3.8, 4) is 5.75 Å². The summed E-state index contributed by atoms with van der Waals surface area (Å²) in [5.41, 5.74) is -0.907. The number of ether oxygens (including phenoxy) is 2. The second-order valence-corrected chi connectivity index (χ2v) is 4.79. The van der Waals surface area contributed by atoms with E-state index in [1.165, 1.54) is 0 Å². The number of hydrogen-bond donors (Lipinski definition) is 1. The van der Waals surface area contributed by atoms with Crippen LogP contribution in [0.5, 0.6) is 5.75 Å². The molecule has 1 N–H and O–H groups in total. The van der Waals surface area contributed by atoms with Crippen molar-refractivity contribution in [3.63, 3.8) is 0 Å². The largest absolute Gasteiger partial charge is 2.00 e. The molecule has 1 atom stereocenters. The third-order valence-corrected chi connectivity index (χ3v) is 3.16. The van der Waals surface area contributed by atoms with E-state index in [0.717, 1.165) is 18.6 Å². The molecule has 1 heterocycles. The van der Waals surface area contributed by atoms with E-state index in [1.54, 1.807) is 12.1 Å². The van der Waals surface area contributed by atoms with E-state index in [9.17, 15) is 4.79 Å². The fourth-order valence-electron chi connectivity index (χ4n) is 1.72. The van der Waals surface area contributed by atoms with Crippen LogP contribution >= 0.6 is 11.6 Å². The van der Waals surface area contributed by atoms with Crippen LogP contribution in [0.1, 0.15) is 22.1 Å². The van der Waals surface area contributed by atoms with E-state index in [4.69, 9.17) is 26.2 Å². The maximum atomic E-state index is 10.8. The molecule has 0 spiro atoms. The first kappa shape index (κ1) is 17.1. The number of rotatable bonds is 7. The van der Waals surface area contributed by atoms with E-state index in [1.807, 2.05) is 12.1 Å². The molecule has 1 fully saturated rings. The monoisotopic (exact) mass is 312 g/mol. The molecule has 4 nitrogen and oxygen atoms in total. The average molecular weight is 313 g/mol. The number of carboxylic acids is 1. The van der Waals surface area contributed by atoms with E-state index < -0.39 is 11.6 Å². The van der Waals surface area contributed by atoms with E-state index >= 15 is 0 Å². The smallest absolute Gasteiger partial charge is 1.00 e. The number of hydrogen-bond acceptors (Lipinski definition) is 3. The van der Waals surface area contributed by atoms with Gasteiger partial charge in [-0.3, -0.25) is 0 Å². The summed E-state index contributed by atoms with van der Waals surface area (Å²) < 4.78 is 10.5. The maximum Gasteiger partial charge on any atom is 2.00 e. The molecule has 1 aromatic rings. The van der Waals surface area contributed by atoms with Gasteiger partial charge in [0, 0.05) is 5.02 Å². The molecule has 0 bridgehead atoms. The minimum Gasteiger partial charge on any atom is -1.00 e. The second kappa shape index (κ2) is 7.70. The van der Waals surface area contributed by atoms with Crippen molar-refractivity contribution in [1.29, 1.82) is 0 Å². The van der Waals surface area contributed by atoms with Crippen LogP contribution in [0.4, 0.5) is 0 Å². The van der Waals surface area contributed by atoms with Gasteiger partial charge in [-0.15, -0.1) is 0 Å². The van der Waals surface area contributed by atoms with E-state index in [-0.39, 0.29) is 40.6 Å². The molecule has 1 aliphatic rings. The third kappa shape index (κ3) is 5.12. The van der Waals surface area contributed by atoms with Gasteiger partial charge in [-0.1, -0.05) is 17.7 Å². The molecule has 102 valence electrons. The van der Waals surface area contributed by atoms with Gasteiger partial charge in [-0.2, -0.15) is 0 Å². The first-order valence-electron chi connectivity index (χ1n) is 5.88. The van der Waals surface area contributed by atoms with Crippen molar-refractivity contribution in [3.05, 3.63) is 29.3 Å². The summed E-state index contributed by atoms with van der Waals surface area (Å²) in [4.78, 5) is 10.8. The summed E-state index contributed by atoms with van der Waals surface area (Å²) in [6, 6.07) is 7.21. The summed E-state index contributed by atoms with van der Waals surface area (Å²) in [7, 11) is 0. The van der Waals surface area contributed by atoms with Crippen molar-refractivity contribution >= 4 is 55.3 Å². The molecule has 0 aliphatic carbocycles. The molecule has 2 rings (SSSR count). The molecule has 1 unspecified atom stereocenters. The minimum absolute atomic E-state index is 0. The molecule has 1 aliphatic heterocycles. The molecular weight excluding hydrogens is 296 g/mol. The van der Waals surface area contributed by atoms with Gasteiger partial charge in [-0.25, -0.2) is 4.79 Å². The molecular formula is C13H17CaClO4. The van der Waals surface area contributed by atoms with Gasteiger partial charge in [-0.05, 0) is 37.5 Å². The molecule has 0 aromatic heterocycles. The zero-order chi connectivity index (χ0) is 13.0. The number of carboxylic acid groups (broad SMARTS) is 1. The van der Waals surface area contributed by atoms with Crippen LogP contribution in [0.15, 0.2) is 24.3 Å². The number of unbranched alkanes of at least 4 members (excludes halogenated alkanes) is 1. The number of aliphatic carboxylic acids is 1. The van der Waals surface area contributed by atoms with Crippen LogP contribution in [0.2, 0.25) is 5.02 Å². The van der Waals surface area contributed by atoms with Gasteiger partial charge in [0.15, 0.2) is 5.60 Å². The fourth-order valence-corrected chi connectivity index (χ4v) is 1.90. The van der Waals surface area contributed by atoms with Crippen molar-refractivity contribution in [2.75, 3.05) is 13.2 Å². The first-order valence-corrected chi connectivity index (χ1v) is 6.26. The maximum absolute atomic E-state index is 10.8. The Morgan fingerprint density at radius 2 is 2.26 bits per heavy atom. The zero-order valence-corrected chi connectivity index (χ0v) is 13.6. The summed E-state index contributed by atoms with van der Waals surface area (Å²) in [6.45, 7) is 0.882. The molecule has 1 aromatic carbocycles. The van der Waals surface area contributed by atoms with Gasteiger partial charge in [0.1, 0.15) is 5.75 Å². The number of benzene rings is 1. The predicted octanol–water partition coefficient (Wildman–Crippen LogP) is 2.59. The Morgan fingerprint density at radius 1 is 1.53 bits per heavy atom. The molecule has 19 heavy (non-hydrogen) atoms. The Balaban J connectivity index is 0. The Kier molecular flexibility index (Phi) is 6.91. The van der Waals surface area contributed by atoms with Crippen molar-refractivity contribution in [2.24, 2.45) is 0 Å². The van der Waals surface area contributed by atoms with Gasteiger partial charge in [0.2, 0.25) is 0 Å². The van der Waals surface area contributed by atoms with Crippen molar-refractivity contribution in [2.45, 2.75) is 24.9 Å². The molecule has 6 heteroatoms. The van der Waals surface area contributed by atoms with Crippen molar-refractivity contribution < 1.29 is 22.2 Å². The van der Waals surface area contributed by atoms with Crippen LogP contribution in [0, 0.1) is 0 Å². The van der Waals surface area contributed by atoms with Crippen LogP contribution in [0.25, 0.3) is 0 Å². The zero-order valence-electron chi connectivity index (χ0n) is 12.6. The Hall–Kier alpha value is -0.000260. The summed E-state index contributed by atoms with van der Waals surface area (Å²) in [5, 5.41) is 9.54. The van der Waals surface area contributed by atoms with Crippen LogP contribution in [-0.2, 0) is 9.53 Å². The Bertz CT molecular complexity index is 444. The molecule has 1 saturated heterocycles. The molecule has 0 saturated carbocycles. The quantitative estimate of drug-likeness (QED) is 0.477. The second-order valence-electron chi connectivity index (χ2n) is 4.35. The minimum atomic E-state index is -0.907. The van der Waals surface area contributed by atoms with Crippen LogP contribution < -0.4 is 4.74 Å². The Labute approximate surface area is 150 Å². The van der Waals surface area contributed by atoms with Crippen molar-refractivity contribution in [1.82, 2.24) is 0 Å². The van der Waals surface area contributed by atoms with Gasteiger partial charge in [0.05, 0.1) is 13.2 Å². The Morgan fingerprint density at radius 3 is 2.84 bits per heavy atom. The number of epoxide rings is 1. The number of carbonyl (C=O) groups is 1. The summed E-state index contributed by atoms with van der Waals surface area (Å²) in [6.07, 6.45) is 2.11. The topological polar surface area (TPSA) is 59.1 Å². The standard InChI is InChI=1S/C13H15ClO4.Ca.2H/c14-10-4-3-5-11(8-10)17-7-2-1-6-13(9-18-13)12(15)16;;;/h3-5,8H,1-2,6-7,9H2,(H,15,16);;;/q;+2;2*-1. The van der Waals surface area contributed by atoms with E-state index in [2.05, 4.69) is 0 Å². The molecule has 0 amide bonds. The van der Waals surface area contributed by atoms with Gasteiger partial charge < -0.3 is 17.4 Å².